The van der Waals surface area contributed by atoms with Crippen LogP contribution in [0.15, 0.2) is 64.7 Å². The molecule has 0 radical (unpaired) electrons. The fraction of sp³-hybridized carbons (Fsp3) is 0.192. The Bertz CT molecular complexity index is 1330. The number of imide groups is 1. The fourth-order valence-corrected chi connectivity index (χ4v) is 3.48. The van der Waals surface area contributed by atoms with Crippen LogP contribution in [0.2, 0.25) is 0 Å². The lowest BCUT2D eigenvalue weighted by Gasteiger charge is -2.13. The van der Waals surface area contributed by atoms with Gasteiger partial charge in [0.05, 0.1) is 20.3 Å². The molecule has 1 aliphatic heterocycles. The predicted molar refractivity (Wildman–Crippen MR) is 125 cm³/mol. The molecule has 1 aliphatic rings. The number of nitrogens with one attached hydrogen (secondary N) is 1. The molecule has 9 nitrogen and oxygen atoms in total. The number of furan rings is 1. The number of carbonyl (C=O) groups is 3. The average Bonchev–Trinajstić information content (AvgIpc) is 3.44. The Hall–Kier alpha value is -4.60. The Morgan fingerprint density at radius 1 is 1.08 bits per heavy atom. The molecule has 10 heteroatoms. The normalized spacial score (nSPS) is 14.2. The number of carbonyl (C=O) groups excluding carboxylic acids is 3. The molecule has 1 aromatic heterocycles. The number of halogens is 1. The third-order valence-corrected chi connectivity index (χ3v) is 5.24. The van der Waals surface area contributed by atoms with Gasteiger partial charge in [-0.2, -0.15) is 0 Å². The fourth-order valence-electron chi connectivity index (χ4n) is 3.48. The Labute approximate surface area is 206 Å². The van der Waals surface area contributed by atoms with Gasteiger partial charge < -0.3 is 23.9 Å². The Morgan fingerprint density at radius 2 is 1.89 bits per heavy atom. The number of amides is 3. The second-order valence-corrected chi connectivity index (χ2v) is 7.66. The van der Waals surface area contributed by atoms with Gasteiger partial charge in [-0.1, -0.05) is 24.3 Å². The van der Waals surface area contributed by atoms with Crippen LogP contribution in [0.25, 0.3) is 6.08 Å². The molecule has 0 bridgehead atoms. The van der Waals surface area contributed by atoms with Crippen molar-refractivity contribution in [1.82, 2.24) is 10.2 Å². The standard InChI is InChI=1S/C26H23FN2O7/c1-3-34-23-13-16(8-10-21(23)35-15-17-6-4-5-7-19(17)27)12-20-24(30)29(26(32)28-20)14-18-9-11-22(36-18)25(31)33-2/h4-13H,3,14-15H2,1-2H3,(H,28,32). The first-order valence-corrected chi connectivity index (χ1v) is 11.0. The zero-order valence-corrected chi connectivity index (χ0v) is 19.6. The lowest BCUT2D eigenvalue weighted by atomic mass is 10.1. The van der Waals surface area contributed by atoms with Crippen LogP contribution >= 0.6 is 0 Å². The molecule has 1 saturated heterocycles. The largest absolute Gasteiger partial charge is 0.490 e. The molecule has 0 unspecified atom stereocenters. The van der Waals surface area contributed by atoms with Crippen molar-refractivity contribution in [2.75, 3.05) is 13.7 Å². The van der Waals surface area contributed by atoms with E-state index in [0.29, 0.717) is 29.2 Å². The molecule has 186 valence electrons. The van der Waals surface area contributed by atoms with Crippen LogP contribution in [0.5, 0.6) is 11.5 Å². The number of esters is 1. The summed E-state index contributed by atoms with van der Waals surface area (Å²) in [5.41, 5.74) is 1.04. The van der Waals surface area contributed by atoms with E-state index >= 15 is 0 Å². The highest BCUT2D eigenvalue weighted by atomic mass is 19.1. The van der Waals surface area contributed by atoms with Crippen LogP contribution in [0.3, 0.4) is 0 Å². The quantitative estimate of drug-likeness (QED) is 0.269. The van der Waals surface area contributed by atoms with Gasteiger partial charge in [-0.25, -0.2) is 14.0 Å². The van der Waals surface area contributed by atoms with Crippen molar-refractivity contribution >= 4 is 24.0 Å². The van der Waals surface area contributed by atoms with Gasteiger partial charge >= 0.3 is 12.0 Å². The van der Waals surface area contributed by atoms with E-state index in [1.807, 2.05) is 6.92 Å². The second kappa shape index (κ2) is 10.8. The summed E-state index contributed by atoms with van der Waals surface area (Å²) in [6.45, 7) is 2.02. The molecule has 1 N–H and O–H groups in total. The minimum absolute atomic E-state index is 0.0150. The first-order valence-electron chi connectivity index (χ1n) is 11.0. The van der Waals surface area contributed by atoms with Gasteiger partial charge in [-0.15, -0.1) is 0 Å². The van der Waals surface area contributed by atoms with Crippen molar-refractivity contribution in [2.24, 2.45) is 0 Å². The predicted octanol–water partition coefficient (Wildman–Crippen LogP) is 4.28. The molecule has 0 saturated carbocycles. The van der Waals surface area contributed by atoms with E-state index in [0.717, 1.165) is 4.90 Å². The van der Waals surface area contributed by atoms with Gasteiger partial charge in [0.15, 0.2) is 11.5 Å². The molecule has 3 amide bonds. The summed E-state index contributed by atoms with van der Waals surface area (Å²) in [6.07, 6.45) is 1.51. The third kappa shape index (κ3) is 5.38. The van der Waals surface area contributed by atoms with Gasteiger partial charge in [0.2, 0.25) is 5.76 Å². The first-order chi connectivity index (χ1) is 17.4. The highest BCUT2D eigenvalue weighted by molar-refractivity contribution is 6.13. The minimum atomic E-state index is -0.662. The van der Waals surface area contributed by atoms with Crippen LogP contribution < -0.4 is 14.8 Å². The zero-order chi connectivity index (χ0) is 25.7. The highest BCUT2D eigenvalue weighted by Crippen LogP contribution is 2.31. The van der Waals surface area contributed by atoms with Crippen LogP contribution in [-0.2, 0) is 22.7 Å². The van der Waals surface area contributed by atoms with Crippen molar-refractivity contribution in [3.8, 4) is 11.5 Å². The molecule has 4 rings (SSSR count). The average molecular weight is 494 g/mol. The third-order valence-electron chi connectivity index (χ3n) is 5.24. The molecule has 0 aliphatic carbocycles. The van der Waals surface area contributed by atoms with E-state index in [9.17, 15) is 18.8 Å². The van der Waals surface area contributed by atoms with Gasteiger partial charge in [0.1, 0.15) is 23.9 Å². The molecule has 0 atom stereocenters. The molecule has 0 spiro atoms. The Balaban J connectivity index is 1.49. The second-order valence-electron chi connectivity index (χ2n) is 7.66. The highest BCUT2D eigenvalue weighted by Gasteiger charge is 2.34. The lowest BCUT2D eigenvalue weighted by molar-refractivity contribution is -0.123. The molecule has 3 aromatic rings. The van der Waals surface area contributed by atoms with Crippen molar-refractivity contribution in [1.29, 1.82) is 0 Å². The number of ether oxygens (including phenoxy) is 3. The zero-order valence-electron chi connectivity index (χ0n) is 19.6. The number of urea groups is 1. The summed E-state index contributed by atoms with van der Waals surface area (Å²) in [5.74, 6) is -0.564. The van der Waals surface area contributed by atoms with Gasteiger partial charge in [-0.3, -0.25) is 9.69 Å². The van der Waals surface area contributed by atoms with Gasteiger partial charge in [-0.05, 0) is 48.9 Å². The summed E-state index contributed by atoms with van der Waals surface area (Å²) in [6, 6.07) is 13.6. The summed E-state index contributed by atoms with van der Waals surface area (Å²) in [7, 11) is 1.22. The summed E-state index contributed by atoms with van der Waals surface area (Å²) < 4.78 is 35.3. The van der Waals surface area contributed by atoms with E-state index in [4.69, 9.17) is 13.9 Å². The Morgan fingerprint density at radius 3 is 2.64 bits per heavy atom. The van der Waals surface area contributed by atoms with Gasteiger partial charge in [0, 0.05) is 5.56 Å². The van der Waals surface area contributed by atoms with Crippen molar-refractivity contribution in [3.05, 3.63) is 88.8 Å². The maximum atomic E-state index is 13.9. The first kappa shape index (κ1) is 24.5. The van der Waals surface area contributed by atoms with Gasteiger partial charge in [0.25, 0.3) is 5.91 Å². The van der Waals surface area contributed by atoms with Crippen LogP contribution in [0, 0.1) is 5.82 Å². The van der Waals surface area contributed by atoms with E-state index in [2.05, 4.69) is 10.1 Å². The number of rotatable bonds is 9. The Kier molecular flexibility index (Phi) is 7.33. The maximum Gasteiger partial charge on any atom is 0.373 e. The van der Waals surface area contributed by atoms with E-state index in [1.165, 1.54) is 31.4 Å². The number of methoxy groups -OCH3 is 1. The number of nitrogens with zero attached hydrogens (tertiary/aromatic N) is 1. The summed E-state index contributed by atoms with van der Waals surface area (Å²) in [5, 5.41) is 2.53. The van der Waals surface area contributed by atoms with Crippen LogP contribution in [-0.4, -0.2) is 36.5 Å². The topological polar surface area (TPSA) is 107 Å². The number of hydrogen-bond donors (Lipinski definition) is 1. The molecule has 1 fully saturated rings. The number of benzene rings is 2. The van der Waals surface area contributed by atoms with E-state index < -0.39 is 17.9 Å². The summed E-state index contributed by atoms with van der Waals surface area (Å²) >= 11 is 0. The van der Waals surface area contributed by atoms with Crippen molar-refractivity contribution < 1.29 is 37.4 Å². The maximum absolute atomic E-state index is 13.9. The summed E-state index contributed by atoms with van der Waals surface area (Å²) in [4.78, 5) is 37.8. The SMILES string of the molecule is CCOc1cc(C=C2NC(=O)N(Cc3ccc(C(=O)OC)o3)C2=O)ccc1OCc1ccccc1F. The van der Waals surface area contributed by atoms with Crippen molar-refractivity contribution in [3.63, 3.8) is 0 Å². The molecular formula is C26H23FN2O7. The molecule has 2 aromatic carbocycles. The molecule has 2 heterocycles. The molecular weight excluding hydrogens is 471 g/mol. The van der Waals surface area contributed by atoms with E-state index in [-0.39, 0.29) is 36.2 Å². The van der Waals surface area contributed by atoms with E-state index in [1.54, 1.807) is 36.4 Å². The molecule has 36 heavy (non-hydrogen) atoms. The van der Waals surface area contributed by atoms with Crippen LogP contribution in [0.4, 0.5) is 9.18 Å². The smallest absolute Gasteiger partial charge is 0.373 e. The van der Waals surface area contributed by atoms with Crippen LogP contribution in [0.1, 0.15) is 34.4 Å². The number of hydrogen-bond acceptors (Lipinski definition) is 7. The van der Waals surface area contributed by atoms with Crippen molar-refractivity contribution in [2.45, 2.75) is 20.1 Å². The monoisotopic (exact) mass is 494 g/mol. The lowest BCUT2D eigenvalue weighted by Crippen LogP contribution is -2.30. The minimum Gasteiger partial charge on any atom is -0.490 e.